The number of hydrogen-bond acceptors (Lipinski definition) is 4. The van der Waals surface area contributed by atoms with Crippen molar-refractivity contribution in [2.24, 2.45) is 5.84 Å². The largest absolute Gasteiger partial charge is 0.271 e. The molecule has 0 aliphatic rings. The Balaban J connectivity index is 2.44. The summed E-state index contributed by atoms with van der Waals surface area (Å²) in [6.45, 7) is 0. The van der Waals surface area contributed by atoms with Crippen LogP contribution in [0.15, 0.2) is 29.9 Å². The highest BCUT2D eigenvalue weighted by molar-refractivity contribution is 7.09. The van der Waals surface area contributed by atoms with E-state index in [1.165, 1.54) is 29.5 Å². The van der Waals surface area contributed by atoms with Gasteiger partial charge in [-0.3, -0.25) is 10.8 Å². The molecule has 1 unspecified atom stereocenters. The first-order valence-corrected chi connectivity index (χ1v) is 5.77. The van der Waals surface area contributed by atoms with Gasteiger partial charge in [-0.15, -0.1) is 11.3 Å². The predicted octanol–water partition coefficient (Wildman–Crippen LogP) is 2.49. The fourth-order valence-electron chi connectivity index (χ4n) is 1.43. The van der Waals surface area contributed by atoms with Crippen LogP contribution in [0.1, 0.15) is 16.5 Å². The highest BCUT2D eigenvalue weighted by Crippen LogP contribution is 2.30. The summed E-state index contributed by atoms with van der Waals surface area (Å²) in [6.07, 6.45) is 1.68. The number of nitrogens with zero attached hydrogens (tertiary/aromatic N) is 1. The summed E-state index contributed by atoms with van der Waals surface area (Å²) in [6, 6.07) is 3.85. The number of benzene rings is 1. The van der Waals surface area contributed by atoms with Crippen LogP contribution in [0.5, 0.6) is 0 Å². The average molecular weight is 258 g/mol. The van der Waals surface area contributed by atoms with Gasteiger partial charge in [-0.2, -0.15) is 0 Å². The minimum absolute atomic E-state index is 0.337. The maximum absolute atomic E-state index is 13.1. The zero-order valence-corrected chi connectivity index (χ0v) is 9.73. The van der Waals surface area contributed by atoms with Crippen LogP contribution in [0.2, 0.25) is 5.02 Å². The molecule has 6 heteroatoms. The minimum atomic E-state index is -0.343. The number of halogens is 2. The maximum atomic E-state index is 13.1. The van der Waals surface area contributed by atoms with Crippen molar-refractivity contribution in [1.82, 2.24) is 10.4 Å². The molecular formula is C10H9ClFN3S. The zero-order chi connectivity index (χ0) is 11.5. The Morgan fingerprint density at radius 3 is 2.94 bits per heavy atom. The van der Waals surface area contributed by atoms with Crippen LogP contribution in [-0.2, 0) is 0 Å². The van der Waals surface area contributed by atoms with Crippen LogP contribution in [-0.4, -0.2) is 4.98 Å². The molecule has 0 radical (unpaired) electrons. The second-order valence-corrected chi connectivity index (χ2v) is 4.49. The molecule has 2 rings (SSSR count). The quantitative estimate of drug-likeness (QED) is 0.656. The van der Waals surface area contributed by atoms with E-state index in [4.69, 9.17) is 17.4 Å². The van der Waals surface area contributed by atoms with Crippen molar-refractivity contribution in [2.45, 2.75) is 6.04 Å². The summed E-state index contributed by atoms with van der Waals surface area (Å²) in [5.74, 6) is 5.12. The molecule has 3 N–H and O–H groups in total. The molecule has 16 heavy (non-hydrogen) atoms. The lowest BCUT2D eigenvalue weighted by atomic mass is 10.1. The maximum Gasteiger partial charge on any atom is 0.123 e. The highest BCUT2D eigenvalue weighted by Gasteiger charge is 2.17. The molecule has 1 aromatic carbocycles. The number of nitrogens with one attached hydrogen (secondary N) is 1. The summed E-state index contributed by atoms with van der Waals surface area (Å²) < 4.78 is 13.1. The third kappa shape index (κ3) is 2.22. The first-order valence-electron chi connectivity index (χ1n) is 4.52. The number of aromatic nitrogens is 1. The second kappa shape index (κ2) is 4.88. The molecule has 0 aliphatic carbocycles. The van der Waals surface area contributed by atoms with Gasteiger partial charge in [-0.1, -0.05) is 11.6 Å². The van der Waals surface area contributed by atoms with Crippen LogP contribution >= 0.6 is 22.9 Å². The molecule has 84 valence electrons. The highest BCUT2D eigenvalue weighted by atomic mass is 35.5. The van der Waals surface area contributed by atoms with Crippen molar-refractivity contribution >= 4 is 22.9 Å². The number of hydrazine groups is 1. The molecule has 2 aromatic rings. The van der Waals surface area contributed by atoms with E-state index in [-0.39, 0.29) is 11.9 Å². The molecule has 0 spiro atoms. The van der Waals surface area contributed by atoms with Crippen LogP contribution in [0, 0.1) is 5.82 Å². The fraction of sp³-hybridized carbons (Fsp3) is 0.100. The van der Waals surface area contributed by atoms with E-state index in [1.807, 2.05) is 0 Å². The van der Waals surface area contributed by atoms with E-state index < -0.39 is 0 Å². The van der Waals surface area contributed by atoms with Gasteiger partial charge in [0.05, 0.1) is 11.6 Å². The number of rotatable bonds is 3. The van der Waals surface area contributed by atoms with E-state index in [0.717, 1.165) is 4.88 Å². The Bertz CT molecular complexity index is 475. The van der Waals surface area contributed by atoms with Gasteiger partial charge < -0.3 is 0 Å². The topological polar surface area (TPSA) is 50.9 Å². The van der Waals surface area contributed by atoms with Gasteiger partial charge in [-0.25, -0.2) is 9.82 Å². The lowest BCUT2D eigenvalue weighted by Gasteiger charge is -2.15. The fourth-order valence-corrected chi connectivity index (χ4v) is 2.35. The van der Waals surface area contributed by atoms with Crippen LogP contribution in [0.3, 0.4) is 0 Å². The summed E-state index contributed by atoms with van der Waals surface area (Å²) >= 11 is 7.44. The monoisotopic (exact) mass is 257 g/mol. The molecule has 0 bridgehead atoms. The third-order valence-corrected chi connectivity index (χ3v) is 3.36. The van der Waals surface area contributed by atoms with Crippen molar-refractivity contribution in [3.8, 4) is 0 Å². The standard InChI is InChI=1S/C10H9ClFN3S/c11-8-2-1-6(12)3-7(8)10(15-13)9-4-14-5-16-9/h1-5,10,15H,13H2. The van der Waals surface area contributed by atoms with Gasteiger partial charge in [0.2, 0.25) is 0 Å². The smallest absolute Gasteiger partial charge is 0.123 e. The van der Waals surface area contributed by atoms with Crippen molar-refractivity contribution in [2.75, 3.05) is 0 Å². The number of thiazole rings is 1. The molecular weight excluding hydrogens is 249 g/mol. The van der Waals surface area contributed by atoms with Gasteiger partial charge >= 0.3 is 0 Å². The molecule has 0 saturated heterocycles. The van der Waals surface area contributed by atoms with Crippen molar-refractivity contribution < 1.29 is 4.39 Å². The summed E-state index contributed by atoms with van der Waals surface area (Å²) in [5, 5.41) is 0.470. The van der Waals surface area contributed by atoms with E-state index in [0.29, 0.717) is 10.6 Å². The normalized spacial score (nSPS) is 12.7. The van der Waals surface area contributed by atoms with Gasteiger partial charge in [0.25, 0.3) is 0 Å². The van der Waals surface area contributed by atoms with Gasteiger partial charge in [0.1, 0.15) is 5.82 Å². The average Bonchev–Trinajstić information content (AvgIpc) is 2.78. The van der Waals surface area contributed by atoms with Gasteiger partial charge in [0, 0.05) is 16.1 Å². The molecule has 0 fully saturated rings. The Morgan fingerprint density at radius 2 is 2.31 bits per heavy atom. The van der Waals surface area contributed by atoms with E-state index in [2.05, 4.69) is 10.4 Å². The molecule has 3 nitrogen and oxygen atoms in total. The van der Waals surface area contributed by atoms with Crippen LogP contribution in [0.4, 0.5) is 4.39 Å². The second-order valence-electron chi connectivity index (χ2n) is 3.17. The summed E-state index contributed by atoms with van der Waals surface area (Å²) in [4.78, 5) is 4.84. The number of hydrogen-bond donors (Lipinski definition) is 2. The van der Waals surface area contributed by atoms with E-state index >= 15 is 0 Å². The van der Waals surface area contributed by atoms with Gasteiger partial charge in [0.15, 0.2) is 0 Å². The Labute approximate surface area is 101 Å². The Morgan fingerprint density at radius 1 is 1.50 bits per heavy atom. The minimum Gasteiger partial charge on any atom is -0.271 e. The Hall–Kier alpha value is -1.01. The zero-order valence-electron chi connectivity index (χ0n) is 8.15. The van der Waals surface area contributed by atoms with Crippen LogP contribution < -0.4 is 11.3 Å². The van der Waals surface area contributed by atoms with Crippen molar-refractivity contribution in [3.05, 3.63) is 51.2 Å². The van der Waals surface area contributed by atoms with E-state index in [9.17, 15) is 4.39 Å². The first kappa shape index (κ1) is 11.5. The summed E-state index contributed by atoms with van der Waals surface area (Å²) in [7, 11) is 0. The lowest BCUT2D eigenvalue weighted by Crippen LogP contribution is -2.28. The molecule has 1 aromatic heterocycles. The lowest BCUT2D eigenvalue weighted by molar-refractivity contribution is 0.608. The molecule has 1 heterocycles. The Kier molecular flexibility index (Phi) is 3.50. The summed E-state index contributed by atoms with van der Waals surface area (Å²) in [5.41, 5.74) is 4.90. The third-order valence-electron chi connectivity index (χ3n) is 2.17. The van der Waals surface area contributed by atoms with Crippen LogP contribution in [0.25, 0.3) is 0 Å². The van der Waals surface area contributed by atoms with Gasteiger partial charge in [-0.05, 0) is 23.8 Å². The molecule has 0 amide bonds. The molecule has 0 saturated carbocycles. The first-order chi connectivity index (χ1) is 7.72. The van der Waals surface area contributed by atoms with E-state index in [1.54, 1.807) is 11.7 Å². The SMILES string of the molecule is NNC(c1cncs1)c1cc(F)ccc1Cl. The molecule has 0 aliphatic heterocycles. The molecule has 1 atom stereocenters. The van der Waals surface area contributed by atoms with Crippen molar-refractivity contribution in [1.29, 1.82) is 0 Å². The number of nitrogens with two attached hydrogens (primary N) is 1. The predicted molar refractivity (Wildman–Crippen MR) is 62.7 cm³/mol. The van der Waals surface area contributed by atoms with Crippen molar-refractivity contribution in [3.63, 3.8) is 0 Å².